The van der Waals surface area contributed by atoms with E-state index >= 15 is 0 Å². The zero-order chi connectivity index (χ0) is 26.0. The fourth-order valence-corrected chi connectivity index (χ4v) is 4.57. The van der Waals surface area contributed by atoms with Gasteiger partial charge in [-0.1, -0.05) is 35.3 Å². The molecule has 0 radical (unpaired) electrons. The number of carbonyl (C=O) groups is 2. The lowest BCUT2D eigenvalue weighted by Gasteiger charge is -2.43. The van der Waals surface area contributed by atoms with Gasteiger partial charge in [-0.25, -0.2) is 9.80 Å². The minimum atomic E-state index is -1.19. The van der Waals surface area contributed by atoms with Gasteiger partial charge in [-0.15, -0.1) is 12.6 Å². The average molecular weight is 551 g/mol. The van der Waals surface area contributed by atoms with Crippen LogP contribution in [-0.2, 0) is 16.0 Å². The topological polar surface area (TPSA) is 129 Å². The third-order valence-electron chi connectivity index (χ3n) is 5.62. The maximum atomic E-state index is 12.7. The summed E-state index contributed by atoms with van der Waals surface area (Å²) < 4.78 is 5.41. The minimum absolute atomic E-state index is 0.00729. The van der Waals surface area contributed by atoms with Crippen LogP contribution in [0.5, 0.6) is 0 Å². The summed E-state index contributed by atoms with van der Waals surface area (Å²) in [5, 5.41) is 16.0. The van der Waals surface area contributed by atoms with Crippen LogP contribution in [0.15, 0.2) is 52.3 Å². The Morgan fingerprint density at radius 1 is 1.22 bits per heavy atom. The zero-order valence-corrected chi connectivity index (χ0v) is 21.0. The van der Waals surface area contributed by atoms with E-state index in [9.17, 15) is 24.3 Å². The van der Waals surface area contributed by atoms with Gasteiger partial charge in [0, 0.05) is 37.0 Å². The summed E-state index contributed by atoms with van der Waals surface area (Å²) in [6.45, 7) is 0.825. The number of ether oxygens (including phenoxy) is 1. The summed E-state index contributed by atoms with van der Waals surface area (Å²) in [6, 6.07) is 6.23. The Morgan fingerprint density at radius 3 is 2.44 bits per heavy atom. The number of pyridine rings is 1. The predicted molar refractivity (Wildman–Crippen MR) is 138 cm³/mol. The first-order chi connectivity index (χ1) is 17.2. The van der Waals surface area contributed by atoms with Gasteiger partial charge in [0.15, 0.2) is 0 Å². The normalized spacial score (nSPS) is 17.0. The van der Waals surface area contributed by atoms with Crippen LogP contribution in [-0.4, -0.2) is 58.2 Å². The number of hydrogen-bond acceptors (Lipinski definition) is 9. The average Bonchev–Trinajstić information content (AvgIpc) is 2.85. The highest BCUT2D eigenvalue weighted by Crippen LogP contribution is 2.29. The van der Waals surface area contributed by atoms with Crippen LogP contribution < -0.4 is 21.2 Å². The third kappa shape index (κ3) is 5.55. The van der Waals surface area contributed by atoms with Gasteiger partial charge in [-0.2, -0.15) is 0 Å². The Morgan fingerprint density at radius 2 is 1.89 bits per heavy atom. The lowest BCUT2D eigenvalue weighted by atomic mass is 10.0. The van der Waals surface area contributed by atoms with Gasteiger partial charge in [0.25, 0.3) is 5.91 Å². The largest absolute Gasteiger partial charge is 0.480 e. The number of aliphatic carboxylic acids is 1. The van der Waals surface area contributed by atoms with Crippen molar-refractivity contribution >= 4 is 59.1 Å². The second kappa shape index (κ2) is 11.0. The molecule has 0 aliphatic carbocycles. The first-order valence-electron chi connectivity index (χ1n) is 10.7. The van der Waals surface area contributed by atoms with E-state index in [0.717, 1.165) is 6.07 Å². The molecule has 0 spiro atoms. The van der Waals surface area contributed by atoms with E-state index in [4.69, 9.17) is 27.9 Å². The Labute approximate surface area is 220 Å². The maximum Gasteiger partial charge on any atom is 0.328 e. The number of benzene rings is 1. The number of anilines is 2. The number of carboxylic acid groups (broad SMARTS) is 1. The van der Waals surface area contributed by atoms with E-state index < -0.39 is 34.2 Å². The van der Waals surface area contributed by atoms with Gasteiger partial charge in [0.1, 0.15) is 17.2 Å². The molecule has 13 heteroatoms. The van der Waals surface area contributed by atoms with E-state index in [1.807, 2.05) is 0 Å². The number of amides is 1. The second-order valence-electron chi connectivity index (χ2n) is 7.99. The molecular weight excluding hydrogens is 531 g/mol. The first kappa shape index (κ1) is 26.1. The van der Waals surface area contributed by atoms with Gasteiger partial charge < -0.3 is 15.2 Å². The molecule has 188 valence electrons. The van der Waals surface area contributed by atoms with E-state index in [0.29, 0.717) is 17.7 Å². The first-order valence-corrected chi connectivity index (χ1v) is 12.0. The standard InChI is InChI=1S/C23H20Cl2N4O6S/c24-14-9-26-10-15(25)20(14)27-22(32)13-3-1-12(2-4-13)7-17(23(33)34)29(16-8-18(30)21(16)31)28-5-6-35-19(36)11-28/h1-4,8-10,17,19,36H,5-7,11H2,(H,33,34)(H,26,27,32)/t17-,19-/m0/s1. The quantitative estimate of drug-likeness (QED) is 0.285. The van der Waals surface area contributed by atoms with Gasteiger partial charge in [0.2, 0.25) is 10.9 Å². The summed E-state index contributed by atoms with van der Waals surface area (Å²) in [7, 11) is 0. The lowest BCUT2D eigenvalue weighted by molar-refractivity contribution is -0.140. The summed E-state index contributed by atoms with van der Waals surface area (Å²) in [5.74, 6) is -1.65. The number of morpholine rings is 1. The summed E-state index contributed by atoms with van der Waals surface area (Å²) >= 11 is 16.4. The van der Waals surface area contributed by atoms with Crippen LogP contribution in [0.25, 0.3) is 0 Å². The van der Waals surface area contributed by atoms with Gasteiger partial charge >= 0.3 is 5.97 Å². The number of thiol groups is 1. The van der Waals surface area contributed by atoms with E-state index in [1.54, 1.807) is 17.1 Å². The summed E-state index contributed by atoms with van der Waals surface area (Å²) in [5.41, 5.74) is -0.786. The minimum Gasteiger partial charge on any atom is -0.480 e. The molecule has 1 fully saturated rings. The zero-order valence-electron chi connectivity index (χ0n) is 18.6. The van der Waals surface area contributed by atoms with Crippen LogP contribution in [0, 0.1) is 0 Å². The summed E-state index contributed by atoms with van der Waals surface area (Å²) in [6.07, 6.45) is 2.70. The van der Waals surface area contributed by atoms with Crippen molar-refractivity contribution in [2.75, 3.05) is 30.0 Å². The van der Waals surface area contributed by atoms with Crippen LogP contribution in [0.3, 0.4) is 0 Å². The molecule has 1 aliphatic rings. The number of carboxylic acids is 1. The van der Waals surface area contributed by atoms with Gasteiger partial charge in [-0.05, 0) is 17.7 Å². The number of carbonyl (C=O) groups excluding carboxylic acids is 1. The van der Waals surface area contributed by atoms with Gasteiger partial charge in [-0.3, -0.25) is 24.4 Å². The molecule has 36 heavy (non-hydrogen) atoms. The van der Waals surface area contributed by atoms with Crippen LogP contribution in [0.2, 0.25) is 10.0 Å². The maximum absolute atomic E-state index is 12.7. The highest BCUT2D eigenvalue weighted by atomic mass is 35.5. The van der Waals surface area contributed by atoms with Crippen molar-refractivity contribution in [3.63, 3.8) is 0 Å². The molecule has 2 atom stereocenters. The number of rotatable bonds is 8. The van der Waals surface area contributed by atoms with Crippen molar-refractivity contribution < 1.29 is 19.4 Å². The smallest absolute Gasteiger partial charge is 0.328 e. The molecule has 1 amide bonds. The van der Waals surface area contributed by atoms with Crippen molar-refractivity contribution in [2.45, 2.75) is 17.9 Å². The number of hydrazine groups is 1. The molecule has 2 aromatic carbocycles. The van der Waals surface area contributed by atoms with Crippen molar-refractivity contribution in [2.24, 2.45) is 0 Å². The fourth-order valence-electron chi connectivity index (χ4n) is 3.82. The van der Waals surface area contributed by atoms with Crippen molar-refractivity contribution in [1.29, 1.82) is 0 Å². The molecule has 1 saturated heterocycles. The van der Waals surface area contributed by atoms with Crippen molar-refractivity contribution in [3.8, 4) is 0 Å². The fraction of sp³-hybridized carbons (Fsp3) is 0.261. The van der Waals surface area contributed by atoms with Gasteiger partial charge in [0.05, 0.1) is 28.9 Å². The molecule has 2 N–H and O–H groups in total. The molecule has 0 unspecified atom stereocenters. The van der Waals surface area contributed by atoms with E-state index in [2.05, 4.69) is 22.9 Å². The molecule has 0 saturated carbocycles. The second-order valence-corrected chi connectivity index (χ2v) is 9.38. The van der Waals surface area contributed by atoms with Crippen molar-refractivity contribution in [3.05, 3.63) is 84.3 Å². The molecule has 1 aromatic heterocycles. The Balaban J connectivity index is 1.55. The molecule has 1 aliphatic heterocycles. The molecular formula is C23H20Cl2N4O6S. The Kier molecular flexibility index (Phi) is 7.96. The number of halogens is 2. The SMILES string of the molecule is O=C(Nc1c(Cl)cncc1Cl)c1ccc(C[C@@H](C(=O)O)N(c2cc(=O)c2=O)N2CCO[C@@H](S)C2)cc1. The van der Waals surface area contributed by atoms with Crippen LogP contribution in [0.1, 0.15) is 15.9 Å². The number of nitrogens with zero attached hydrogens (tertiary/aromatic N) is 3. The van der Waals surface area contributed by atoms with E-state index in [1.165, 1.54) is 29.5 Å². The highest BCUT2D eigenvalue weighted by Gasteiger charge is 2.36. The monoisotopic (exact) mass is 550 g/mol. The number of hydrogen-bond donors (Lipinski definition) is 3. The molecule has 4 rings (SSSR count). The molecule has 2 heterocycles. The predicted octanol–water partition coefficient (Wildman–Crippen LogP) is 2.24. The highest BCUT2D eigenvalue weighted by molar-refractivity contribution is 7.80. The van der Waals surface area contributed by atoms with E-state index in [-0.39, 0.29) is 41.0 Å². The molecule has 10 nitrogen and oxygen atoms in total. The molecule has 3 aromatic rings. The number of nitrogens with one attached hydrogen (secondary N) is 1. The Hall–Kier alpha value is -2.96. The third-order valence-corrected chi connectivity index (χ3v) is 6.51. The Bertz CT molecular complexity index is 1340. The van der Waals surface area contributed by atoms with Crippen LogP contribution in [0.4, 0.5) is 11.4 Å². The van der Waals surface area contributed by atoms with Crippen LogP contribution >= 0.6 is 35.8 Å². The van der Waals surface area contributed by atoms with Crippen molar-refractivity contribution in [1.82, 2.24) is 9.99 Å². The molecule has 0 bridgehead atoms. The summed E-state index contributed by atoms with van der Waals surface area (Å²) in [4.78, 5) is 52.6. The lowest BCUT2D eigenvalue weighted by Crippen LogP contribution is -2.60. The number of aromatic nitrogens is 1.